The van der Waals surface area contributed by atoms with E-state index in [9.17, 15) is 14.7 Å². The van der Waals surface area contributed by atoms with Crippen molar-refractivity contribution >= 4 is 33.9 Å². The molecule has 6 rings (SSSR count). The van der Waals surface area contributed by atoms with Crippen LogP contribution in [0, 0.1) is 5.82 Å². The van der Waals surface area contributed by atoms with Crippen LogP contribution in [0.25, 0.3) is 21.9 Å². The number of aromatic nitrogens is 2. The van der Waals surface area contributed by atoms with Crippen molar-refractivity contribution in [2.24, 2.45) is 0 Å². The molecule has 2 aromatic carbocycles. The minimum atomic E-state index is -0.555. The summed E-state index contributed by atoms with van der Waals surface area (Å²) in [6.45, 7) is 2.82. The van der Waals surface area contributed by atoms with E-state index in [0.29, 0.717) is 46.7 Å². The Morgan fingerprint density at radius 2 is 1.86 bits per heavy atom. The maximum absolute atomic E-state index is 15.7. The molecule has 2 saturated heterocycles. The number of aromatic amines is 1. The van der Waals surface area contributed by atoms with Gasteiger partial charge in [-0.05, 0) is 85.5 Å². The topological polar surface area (TPSA) is 111 Å². The number of amides is 1. The number of hydrogen-bond donors (Lipinski definition) is 3. The molecular formula is C32H34FN5O4. The first-order chi connectivity index (χ1) is 20.4. The van der Waals surface area contributed by atoms with Gasteiger partial charge in [-0.2, -0.15) is 0 Å². The van der Waals surface area contributed by atoms with Gasteiger partial charge in [0.05, 0.1) is 41.7 Å². The van der Waals surface area contributed by atoms with Gasteiger partial charge in [0, 0.05) is 37.9 Å². The highest BCUT2D eigenvalue weighted by Crippen LogP contribution is 2.36. The summed E-state index contributed by atoms with van der Waals surface area (Å²) in [5.74, 6) is 0.0306. The molecule has 10 heteroatoms. The summed E-state index contributed by atoms with van der Waals surface area (Å²) >= 11 is 0. The van der Waals surface area contributed by atoms with Gasteiger partial charge in [0.25, 0.3) is 11.5 Å². The molecular weight excluding hydrogens is 537 g/mol. The minimum Gasteiger partial charge on any atom is -0.496 e. The van der Waals surface area contributed by atoms with Gasteiger partial charge in [0.1, 0.15) is 17.4 Å². The number of anilines is 3. The molecule has 2 fully saturated rings. The molecule has 0 atom stereocenters. The predicted molar refractivity (Wildman–Crippen MR) is 161 cm³/mol. The van der Waals surface area contributed by atoms with Crippen LogP contribution in [0.15, 0.2) is 59.7 Å². The van der Waals surface area contributed by atoms with Crippen LogP contribution in [-0.4, -0.2) is 65.3 Å². The summed E-state index contributed by atoms with van der Waals surface area (Å²) in [6, 6.07) is 11.8. The van der Waals surface area contributed by atoms with Crippen molar-refractivity contribution in [2.75, 3.05) is 43.5 Å². The number of H-pyrrole nitrogens is 1. The van der Waals surface area contributed by atoms with E-state index in [1.165, 1.54) is 13.2 Å². The Labute approximate surface area is 243 Å². The highest BCUT2D eigenvalue weighted by molar-refractivity contribution is 6.00. The molecule has 4 heterocycles. The third-order valence-corrected chi connectivity index (χ3v) is 8.19. The van der Waals surface area contributed by atoms with E-state index in [1.807, 2.05) is 12.1 Å². The minimum absolute atomic E-state index is 0.198. The molecule has 0 aliphatic carbocycles. The number of likely N-dealkylation sites (tertiary alicyclic amines) is 1. The second-order valence-corrected chi connectivity index (χ2v) is 10.9. The molecule has 0 radical (unpaired) electrons. The molecule has 4 aromatic rings. The summed E-state index contributed by atoms with van der Waals surface area (Å²) in [5, 5.41) is 14.1. The molecule has 1 amide bonds. The number of methoxy groups -OCH3 is 1. The first-order valence-corrected chi connectivity index (χ1v) is 14.4. The predicted octanol–water partition coefficient (Wildman–Crippen LogP) is 5.07. The smallest absolute Gasteiger partial charge is 0.257 e. The van der Waals surface area contributed by atoms with Crippen LogP contribution in [0.1, 0.15) is 42.5 Å². The summed E-state index contributed by atoms with van der Waals surface area (Å²) in [7, 11) is 1.47. The van der Waals surface area contributed by atoms with Gasteiger partial charge in [-0.25, -0.2) is 9.37 Å². The average molecular weight is 572 g/mol. The van der Waals surface area contributed by atoms with Crippen LogP contribution in [0.5, 0.6) is 5.75 Å². The van der Waals surface area contributed by atoms with Crippen LogP contribution < -0.4 is 20.5 Å². The van der Waals surface area contributed by atoms with E-state index in [-0.39, 0.29) is 28.7 Å². The number of pyridine rings is 2. The number of ether oxygens (including phenoxy) is 1. The van der Waals surface area contributed by atoms with Gasteiger partial charge >= 0.3 is 0 Å². The fourth-order valence-electron chi connectivity index (χ4n) is 5.87. The number of nitrogens with one attached hydrogen (secondary N) is 2. The maximum atomic E-state index is 15.7. The molecule has 2 aromatic heterocycles. The number of aliphatic hydroxyl groups excluding tert-OH is 1. The zero-order valence-electron chi connectivity index (χ0n) is 23.5. The van der Waals surface area contributed by atoms with E-state index < -0.39 is 5.82 Å². The largest absolute Gasteiger partial charge is 0.496 e. The molecule has 0 unspecified atom stereocenters. The van der Waals surface area contributed by atoms with Gasteiger partial charge in [-0.3, -0.25) is 9.59 Å². The number of benzene rings is 2. The Morgan fingerprint density at radius 1 is 1.07 bits per heavy atom. The number of hydrogen-bond acceptors (Lipinski definition) is 7. The third-order valence-electron chi connectivity index (χ3n) is 8.19. The molecule has 0 bridgehead atoms. The Bertz CT molecular complexity index is 1660. The Morgan fingerprint density at radius 3 is 2.57 bits per heavy atom. The highest BCUT2D eigenvalue weighted by Gasteiger charge is 2.24. The van der Waals surface area contributed by atoms with Crippen molar-refractivity contribution in [1.29, 1.82) is 0 Å². The summed E-state index contributed by atoms with van der Waals surface area (Å²) in [5.41, 5.74) is 2.11. The molecule has 2 aliphatic heterocycles. The lowest BCUT2D eigenvalue weighted by molar-refractivity contribution is 0.0720. The lowest BCUT2D eigenvalue weighted by Crippen LogP contribution is -2.35. The number of fused-ring (bicyclic) bond motifs is 1. The van der Waals surface area contributed by atoms with Gasteiger partial charge in [-0.1, -0.05) is 0 Å². The van der Waals surface area contributed by atoms with Gasteiger partial charge in [0.2, 0.25) is 0 Å². The first-order valence-electron chi connectivity index (χ1n) is 14.4. The fourth-order valence-corrected chi connectivity index (χ4v) is 5.87. The molecule has 42 heavy (non-hydrogen) atoms. The van der Waals surface area contributed by atoms with Crippen LogP contribution in [0.2, 0.25) is 0 Å². The zero-order chi connectivity index (χ0) is 29.2. The zero-order valence-corrected chi connectivity index (χ0v) is 23.5. The summed E-state index contributed by atoms with van der Waals surface area (Å²) in [4.78, 5) is 37.3. The number of rotatable bonds is 6. The van der Waals surface area contributed by atoms with E-state index in [1.54, 1.807) is 41.6 Å². The second-order valence-electron chi connectivity index (χ2n) is 10.9. The number of carbonyl (C=O) groups is 1. The lowest BCUT2D eigenvalue weighted by atomic mass is 9.97. The van der Waals surface area contributed by atoms with E-state index in [2.05, 4.69) is 20.2 Å². The number of halogens is 1. The third kappa shape index (κ3) is 5.54. The van der Waals surface area contributed by atoms with Gasteiger partial charge in [-0.15, -0.1) is 0 Å². The normalized spacial score (nSPS) is 16.1. The lowest BCUT2D eigenvalue weighted by Gasteiger charge is -2.31. The van der Waals surface area contributed by atoms with E-state index >= 15 is 4.39 Å². The Kier molecular flexibility index (Phi) is 7.80. The standard InChI is InChI=1S/C32H34FN5O4/c1-42-28-18-24(26(33)17-25(28)32(41)38-11-3-2-4-12-38)21-15-20-7-10-34-31(40)30(20)27(16-21)36-29-6-5-22(19-35-29)37-13-8-23(39)9-14-37/h5-7,10,15-19,23,39H,2-4,8-9,11-14H2,1H3,(H,34,40)(H,35,36). The van der Waals surface area contributed by atoms with Crippen molar-refractivity contribution < 1.29 is 19.0 Å². The molecule has 2 aliphatic rings. The highest BCUT2D eigenvalue weighted by atomic mass is 19.1. The monoisotopic (exact) mass is 571 g/mol. The fraction of sp³-hybridized carbons (Fsp3) is 0.344. The number of aliphatic hydroxyl groups is 1. The summed E-state index contributed by atoms with van der Waals surface area (Å²) < 4.78 is 21.3. The number of piperidine rings is 2. The van der Waals surface area contributed by atoms with Gasteiger partial charge in [0.15, 0.2) is 0 Å². The second kappa shape index (κ2) is 11.8. The van der Waals surface area contributed by atoms with Crippen molar-refractivity contribution in [3.05, 3.63) is 76.6 Å². The van der Waals surface area contributed by atoms with Crippen molar-refractivity contribution in [3.8, 4) is 16.9 Å². The quantitative estimate of drug-likeness (QED) is 0.296. The number of nitrogens with zero attached hydrogens (tertiary/aromatic N) is 3. The summed E-state index contributed by atoms with van der Waals surface area (Å²) in [6.07, 6.45) is 7.44. The van der Waals surface area contributed by atoms with Crippen LogP contribution in [0.3, 0.4) is 0 Å². The van der Waals surface area contributed by atoms with E-state index in [0.717, 1.165) is 50.9 Å². The van der Waals surface area contributed by atoms with Crippen molar-refractivity contribution in [2.45, 2.75) is 38.2 Å². The SMILES string of the molecule is COc1cc(-c2cc(Nc3ccc(N4CCC(O)CC4)cn3)c3c(=O)[nH]ccc3c2)c(F)cc1C(=O)N1CCCCC1. The van der Waals surface area contributed by atoms with Crippen LogP contribution >= 0.6 is 0 Å². The molecule has 0 saturated carbocycles. The maximum Gasteiger partial charge on any atom is 0.257 e. The first kappa shape index (κ1) is 27.7. The molecule has 3 N–H and O–H groups in total. The van der Waals surface area contributed by atoms with E-state index in [4.69, 9.17) is 4.74 Å². The van der Waals surface area contributed by atoms with Gasteiger partial charge < -0.3 is 29.9 Å². The van der Waals surface area contributed by atoms with Crippen molar-refractivity contribution in [1.82, 2.24) is 14.9 Å². The molecule has 218 valence electrons. The molecule has 9 nitrogen and oxygen atoms in total. The molecule has 0 spiro atoms. The van der Waals surface area contributed by atoms with Crippen LogP contribution in [-0.2, 0) is 0 Å². The average Bonchev–Trinajstić information content (AvgIpc) is 3.01. The Balaban J connectivity index is 1.35. The van der Waals surface area contributed by atoms with Crippen LogP contribution in [0.4, 0.5) is 21.6 Å². The number of carbonyl (C=O) groups excluding carboxylic acids is 1. The Hall–Kier alpha value is -4.44. The van der Waals surface area contributed by atoms with Crippen molar-refractivity contribution in [3.63, 3.8) is 0 Å².